The number of fused-ring (bicyclic) bond motifs is 1. The van der Waals surface area contributed by atoms with Crippen LogP contribution < -0.4 is 0 Å². The molecule has 2 nitrogen and oxygen atoms in total. The van der Waals surface area contributed by atoms with Gasteiger partial charge < -0.3 is 4.98 Å². The molecular formula is C14H10BrFN2. The fraction of sp³-hybridized carbons (Fsp3) is 0.0714. The van der Waals surface area contributed by atoms with Crippen molar-refractivity contribution in [2.75, 3.05) is 0 Å². The number of nitrogens with zero attached hydrogens (tertiary/aromatic N) is 1. The lowest BCUT2D eigenvalue weighted by Crippen LogP contribution is -1.87. The number of aromatic amines is 1. The van der Waals surface area contributed by atoms with E-state index in [1.807, 2.05) is 12.1 Å². The van der Waals surface area contributed by atoms with E-state index in [0.29, 0.717) is 11.1 Å². The molecule has 3 rings (SSSR count). The van der Waals surface area contributed by atoms with Gasteiger partial charge in [-0.15, -0.1) is 0 Å². The smallest absolute Gasteiger partial charge is 0.137 e. The molecule has 1 N–H and O–H groups in total. The first-order chi connectivity index (χ1) is 8.66. The molecule has 0 unspecified atom stereocenters. The zero-order valence-corrected chi connectivity index (χ0v) is 11.3. The number of hydrogen-bond donors (Lipinski definition) is 1. The minimum atomic E-state index is -0.182. The van der Waals surface area contributed by atoms with Gasteiger partial charge in [0.25, 0.3) is 0 Å². The largest absolute Gasteiger partial charge is 0.346 e. The highest BCUT2D eigenvalue weighted by molar-refractivity contribution is 9.10. The van der Waals surface area contributed by atoms with Gasteiger partial charge in [-0.25, -0.2) is 9.37 Å². The van der Waals surface area contributed by atoms with Crippen LogP contribution in [0.1, 0.15) is 5.56 Å². The van der Waals surface area contributed by atoms with Gasteiger partial charge in [0.05, 0.1) is 0 Å². The molecule has 0 aliphatic rings. The van der Waals surface area contributed by atoms with Crippen molar-refractivity contribution in [2.24, 2.45) is 0 Å². The summed E-state index contributed by atoms with van der Waals surface area (Å²) in [6.45, 7) is 1.77. The Kier molecular flexibility index (Phi) is 2.67. The molecule has 1 aromatic carbocycles. The Morgan fingerprint density at radius 2 is 2.11 bits per heavy atom. The van der Waals surface area contributed by atoms with Crippen molar-refractivity contribution in [1.82, 2.24) is 9.97 Å². The van der Waals surface area contributed by atoms with E-state index in [0.717, 1.165) is 21.1 Å². The van der Waals surface area contributed by atoms with E-state index in [-0.39, 0.29) is 5.82 Å². The van der Waals surface area contributed by atoms with Crippen LogP contribution in [0.2, 0.25) is 0 Å². The van der Waals surface area contributed by atoms with Crippen molar-refractivity contribution in [2.45, 2.75) is 6.92 Å². The SMILES string of the molecule is Cc1cccc(-c2c[nH]c3ncc(Br)cc23)c1F. The Morgan fingerprint density at radius 1 is 1.28 bits per heavy atom. The molecule has 2 aromatic heterocycles. The Hall–Kier alpha value is -1.68. The number of rotatable bonds is 1. The van der Waals surface area contributed by atoms with Gasteiger partial charge in [-0.2, -0.15) is 0 Å². The van der Waals surface area contributed by atoms with Crippen molar-refractivity contribution >= 4 is 27.0 Å². The van der Waals surface area contributed by atoms with Crippen molar-refractivity contribution in [3.63, 3.8) is 0 Å². The van der Waals surface area contributed by atoms with E-state index in [1.165, 1.54) is 0 Å². The molecule has 0 aliphatic heterocycles. The first kappa shape index (κ1) is 11.4. The van der Waals surface area contributed by atoms with Crippen LogP contribution in [-0.2, 0) is 0 Å². The molecule has 0 saturated heterocycles. The number of pyridine rings is 1. The second-order valence-corrected chi connectivity index (χ2v) is 5.10. The minimum Gasteiger partial charge on any atom is -0.346 e. The summed E-state index contributed by atoms with van der Waals surface area (Å²) in [5, 5.41) is 0.911. The minimum absolute atomic E-state index is 0.182. The first-order valence-corrected chi connectivity index (χ1v) is 6.34. The van der Waals surface area contributed by atoms with E-state index >= 15 is 0 Å². The summed E-state index contributed by atoms with van der Waals surface area (Å²) in [5.74, 6) is -0.182. The number of benzene rings is 1. The van der Waals surface area contributed by atoms with Crippen LogP contribution in [0.3, 0.4) is 0 Å². The Labute approximate surface area is 112 Å². The van der Waals surface area contributed by atoms with Gasteiger partial charge in [-0.05, 0) is 34.5 Å². The second kappa shape index (κ2) is 4.21. The van der Waals surface area contributed by atoms with Crippen molar-refractivity contribution in [3.8, 4) is 11.1 Å². The lowest BCUT2D eigenvalue weighted by molar-refractivity contribution is 0.622. The summed E-state index contributed by atoms with van der Waals surface area (Å²) in [5.41, 5.74) is 2.83. The van der Waals surface area contributed by atoms with Crippen molar-refractivity contribution < 1.29 is 4.39 Å². The molecule has 0 fully saturated rings. The first-order valence-electron chi connectivity index (χ1n) is 5.55. The fourth-order valence-electron chi connectivity index (χ4n) is 2.06. The quantitative estimate of drug-likeness (QED) is 0.707. The van der Waals surface area contributed by atoms with Gasteiger partial charge >= 0.3 is 0 Å². The maximum atomic E-state index is 14.1. The lowest BCUT2D eigenvalue weighted by atomic mass is 10.0. The maximum Gasteiger partial charge on any atom is 0.137 e. The highest BCUT2D eigenvalue weighted by atomic mass is 79.9. The van der Waals surface area contributed by atoms with Crippen LogP contribution in [0.4, 0.5) is 4.39 Å². The Balaban J connectivity index is 2.32. The van der Waals surface area contributed by atoms with Crippen LogP contribution in [0, 0.1) is 12.7 Å². The fourth-order valence-corrected chi connectivity index (χ4v) is 2.39. The Morgan fingerprint density at radius 3 is 2.94 bits per heavy atom. The van der Waals surface area contributed by atoms with Crippen LogP contribution >= 0.6 is 15.9 Å². The third-order valence-electron chi connectivity index (χ3n) is 2.98. The van der Waals surface area contributed by atoms with Gasteiger partial charge in [-0.1, -0.05) is 18.2 Å². The molecule has 0 radical (unpaired) electrons. The highest BCUT2D eigenvalue weighted by Gasteiger charge is 2.12. The van der Waals surface area contributed by atoms with Crippen molar-refractivity contribution in [1.29, 1.82) is 0 Å². The number of aryl methyl sites for hydroxylation is 1. The molecule has 0 amide bonds. The molecule has 3 aromatic rings. The molecule has 0 spiro atoms. The van der Waals surface area contributed by atoms with Gasteiger partial charge in [0.1, 0.15) is 11.5 Å². The summed E-state index contributed by atoms with van der Waals surface area (Å²) in [7, 11) is 0. The average Bonchev–Trinajstić information content (AvgIpc) is 2.75. The Bertz CT molecular complexity index is 734. The molecular weight excluding hydrogens is 295 g/mol. The zero-order chi connectivity index (χ0) is 12.7. The third kappa shape index (κ3) is 1.73. The standard InChI is InChI=1S/C14H10BrFN2/c1-8-3-2-4-10(13(8)16)12-7-18-14-11(12)5-9(15)6-17-14/h2-7H,1H3,(H,17,18). The van der Waals surface area contributed by atoms with Crippen LogP contribution in [0.25, 0.3) is 22.2 Å². The maximum absolute atomic E-state index is 14.1. The predicted molar refractivity (Wildman–Crippen MR) is 73.9 cm³/mol. The highest BCUT2D eigenvalue weighted by Crippen LogP contribution is 2.31. The van der Waals surface area contributed by atoms with E-state index in [9.17, 15) is 4.39 Å². The summed E-state index contributed by atoms with van der Waals surface area (Å²) in [6.07, 6.45) is 3.51. The van der Waals surface area contributed by atoms with Gasteiger partial charge in [0.2, 0.25) is 0 Å². The lowest BCUT2D eigenvalue weighted by Gasteiger charge is -2.04. The zero-order valence-electron chi connectivity index (χ0n) is 9.67. The monoisotopic (exact) mass is 304 g/mol. The van der Waals surface area contributed by atoms with Crippen LogP contribution in [-0.4, -0.2) is 9.97 Å². The van der Waals surface area contributed by atoms with Gasteiger partial charge in [-0.3, -0.25) is 0 Å². The third-order valence-corrected chi connectivity index (χ3v) is 3.41. The predicted octanol–water partition coefficient (Wildman–Crippen LogP) is 4.44. The topological polar surface area (TPSA) is 28.7 Å². The molecule has 0 saturated carbocycles. The van der Waals surface area contributed by atoms with E-state index in [1.54, 1.807) is 31.5 Å². The molecule has 18 heavy (non-hydrogen) atoms. The van der Waals surface area contributed by atoms with E-state index in [2.05, 4.69) is 25.9 Å². The summed E-state index contributed by atoms with van der Waals surface area (Å²) >= 11 is 3.39. The summed E-state index contributed by atoms with van der Waals surface area (Å²) < 4.78 is 15.0. The molecule has 2 heterocycles. The van der Waals surface area contributed by atoms with Crippen LogP contribution in [0.5, 0.6) is 0 Å². The average molecular weight is 305 g/mol. The number of halogens is 2. The van der Waals surface area contributed by atoms with Crippen LogP contribution in [0.15, 0.2) is 41.1 Å². The number of aromatic nitrogens is 2. The number of H-pyrrole nitrogens is 1. The second-order valence-electron chi connectivity index (χ2n) is 4.19. The van der Waals surface area contributed by atoms with E-state index in [4.69, 9.17) is 0 Å². The number of nitrogens with one attached hydrogen (secondary N) is 1. The van der Waals surface area contributed by atoms with E-state index < -0.39 is 0 Å². The van der Waals surface area contributed by atoms with Gasteiger partial charge in [0, 0.05) is 33.4 Å². The normalized spacial score (nSPS) is 11.1. The molecule has 0 aliphatic carbocycles. The summed E-state index contributed by atoms with van der Waals surface area (Å²) in [4.78, 5) is 7.32. The van der Waals surface area contributed by atoms with Crippen molar-refractivity contribution in [3.05, 3.63) is 52.5 Å². The van der Waals surface area contributed by atoms with Gasteiger partial charge in [0.15, 0.2) is 0 Å². The summed E-state index contributed by atoms with van der Waals surface area (Å²) in [6, 6.07) is 7.35. The molecule has 0 bridgehead atoms. The number of hydrogen-bond acceptors (Lipinski definition) is 1. The molecule has 90 valence electrons. The molecule has 0 atom stereocenters. The molecule has 4 heteroatoms.